The van der Waals surface area contributed by atoms with Crippen molar-refractivity contribution < 1.29 is 24.2 Å². The van der Waals surface area contributed by atoms with Crippen molar-refractivity contribution in [2.24, 2.45) is 0 Å². The van der Waals surface area contributed by atoms with E-state index >= 15 is 0 Å². The molecule has 1 spiro atoms. The highest BCUT2D eigenvalue weighted by Gasteiger charge is 2.66. The quantitative estimate of drug-likeness (QED) is 0.357. The van der Waals surface area contributed by atoms with Gasteiger partial charge in [-0.3, -0.25) is 14.4 Å². The van der Waals surface area contributed by atoms with Crippen LogP contribution in [0.2, 0.25) is 0 Å². The van der Waals surface area contributed by atoms with Crippen molar-refractivity contribution in [3.8, 4) is 5.75 Å². The van der Waals surface area contributed by atoms with Crippen LogP contribution in [0.4, 0.5) is 5.69 Å². The number of carbonyl (C=O) groups is 3. The molecule has 8 nitrogen and oxygen atoms in total. The summed E-state index contributed by atoms with van der Waals surface area (Å²) in [7, 11) is 3.84. The number of ketones is 1. The molecule has 2 aliphatic rings. The van der Waals surface area contributed by atoms with Crippen LogP contribution in [-0.4, -0.2) is 72.8 Å². The maximum Gasteiger partial charge on any atom is 0.296 e. The van der Waals surface area contributed by atoms with Gasteiger partial charge in [0.25, 0.3) is 17.6 Å². The highest BCUT2D eigenvalue weighted by molar-refractivity contribution is 6.50. The molecule has 0 aliphatic carbocycles. The van der Waals surface area contributed by atoms with Crippen molar-refractivity contribution in [1.29, 1.82) is 0 Å². The maximum absolute atomic E-state index is 14.1. The van der Waals surface area contributed by atoms with Crippen LogP contribution >= 0.6 is 0 Å². The third-order valence-corrected chi connectivity index (χ3v) is 6.55. The standard InChI is InChI=1S/C27H31N3O5/c1-5-29-21-11-8-7-10-20(21)27(26(29)34)22(23(31)18-12-14-19(15-13-18)35-6-2)24(32)25(33)30(27)17-9-16-28(3)4/h7-8,10-15,31H,5-6,9,16-17H2,1-4H3/b23-22-. The van der Waals surface area contributed by atoms with E-state index in [0.717, 1.165) is 0 Å². The van der Waals surface area contributed by atoms with E-state index in [1.165, 1.54) is 4.90 Å². The average molecular weight is 478 g/mol. The number of nitrogens with zero attached hydrogens (tertiary/aromatic N) is 3. The number of rotatable bonds is 8. The van der Waals surface area contributed by atoms with Gasteiger partial charge in [0.1, 0.15) is 11.5 Å². The first kappa shape index (κ1) is 24.5. The molecule has 0 bridgehead atoms. The van der Waals surface area contributed by atoms with E-state index in [1.54, 1.807) is 41.3 Å². The van der Waals surface area contributed by atoms with Crippen molar-refractivity contribution in [3.05, 3.63) is 65.2 Å². The van der Waals surface area contributed by atoms with Gasteiger partial charge < -0.3 is 24.5 Å². The molecule has 4 rings (SSSR count). The van der Waals surface area contributed by atoms with Crippen LogP contribution < -0.4 is 9.64 Å². The van der Waals surface area contributed by atoms with Crippen molar-refractivity contribution in [2.45, 2.75) is 25.8 Å². The van der Waals surface area contributed by atoms with Gasteiger partial charge in [0.15, 0.2) is 5.54 Å². The Hall–Kier alpha value is -3.65. The molecule has 35 heavy (non-hydrogen) atoms. The number of aliphatic hydroxyl groups excluding tert-OH is 1. The van der Waals surface area contributed by atoms with Gasteiger partial charge in [-0.15, -0.1) is 0 Å². The first-order chi connectivity index (χ1) is 16.8. The summed E-state index contributed by atoms with van der Waals surface area (Å²) in [6.07, 6.45) is 0.562. The molecule has 184 valence electrons. The lowest BCUT2D eigenvalue weighted by molar-refractivity contribution is -0.143. The molecular weight excluding hydrogens is 446 g/mol. The average Bonchev–Trinajstić information content (AvgIpc) is 3.22. The Morgan fingerprint density at radius 2 is 1.71 bits per heavy atom. The predicted molar refractivity (Wildman–Crippen MR) is 133 cm³/mol. The SMILES string of the molecule is CCOc1ccc(/C(O)=C2\C(=O)C(=O)N(CCCN(C)C)C23C(=O)N(CC)c2ccccc23)cc1. The second-order valence-electron chi connectivity index (χ2n) is 8.90. The van der Waals surface area contributed by atoms with Crippen LogP contribution in [0.5, 0.6) is 5.75 Å². The lowest BCUT2D eigenvalue weighted by atomic mass is 9.82. The van der Waals surface area contributed by atoms with Crippen LogP contribution in [0.15, 0.2) is 54.1 Å². The zero-order valence-electron chi connectivity index (χ0n) is 20.6. The van der Waals surface area contributed by atoms with Crippen LogP contribution in [-0.2, 0) is 19.9 Å². The molecule has 2 aliphatic heterocycles. The second-order valence-corrected chi connectivity index (χ2v) is 8.90. The second kappa shape index (κ2) is 9.54. The number of amides is 2. The van der Waals surface area contributed by atoms with E-state index in [1.807, 2.05) is 45.0 Å². The van der Waals surface area contributed by atoms with Gasteiger partial charge in [0.05, 0.1) is 17.9 Å². The maximum atomic E-state index is 14.1. The summed E-state index contributed by atoms with van der Waals surface area (Å²) in [5.41, 5.74) is -0.403. The molecule has 2 aromatic carbocycles. The monoisotopic (exact) mass is 477 g/mol. The fourth-order valence-corrected chi connectivity index (χ4v) is 5.05. The Morgan fingerprint density at radius 3 is 2.34 bits per heavy atom. The van der Waals surface area contributed by atoms with Gasteiger partial charge >= 0.3 is 0 Å². The molecule has 2 aromatic rings. The van der Waals surface area contributed by atoms with Gasteiger partial charge in [-0.25, -0.2) is 0 Å². The van der Waals surface area contributed by atoms with Crippen molar-refractivity contribution in [3.63, 3.8) is 0 Å². The Bertz CT molecular complexity index is 1190. The highest BCUT2D eigenvalue weighted by Crippen LogP contribution is 2.53. The van der Waals surface area contributed by atoms with E-state index in [9.17, 15) is 19.5 Å². The summed E-state index contributed by atoms with van der Waals surface area (Å²) in [5.74, 6) is -1.80. The number of Topliss-reactive ketones (excluding diaryl/α,β-unsaturated/α-hetero) is 1. The van der Waals surface area contributed by atoms with Gasteiger partial charge in [-0.2, -0.15) is 0 Å². The minimum atomic E-state index is -1.71. The van der Waals surface area contributed by atoms with E-state index in [4.69, 9.17) is 4.74 Å². The topological polar surface area (TPSA) is 90.4 Å². The molecule has 2 amide bonds. The summed E-state index contributed by atoms with van der Waals surface area (Å²) in [5, 5.41) is 11.4. The van der Waals surface area contributed by atoms with Crippen LogP contribution in [0, 0.1) is 0 Å². The van der Waals surface area contributed by atoms with Gasteiger partial charge in [-0.05, 0) is 71.2 Å². The van der Waals surface area contributed by atoms with Crippen LogP contribution in [0.1, 0.15) is 31.4 Å². The first-order valence-electron chi connectivity index (χ1n) is 11.9. The highest BCUT2D eigenvalue weighted by atomic mass is 16.5. The Balaban J connectivity index is 1.95. The zero-order valence-corrected chi connectivity index (χ0v) is 20.6. The Morgan fingerprint density at radius 1 is 1.03 bits per heavy atom. The van der Waals surface area contributed by atoms with E-state index < -0.39 is 23.1 Å². The molecule has 0 saturated carbocycles. The fourth-order valence-electron chi connectivity index (χ4n) is 5.05. The summed E-state index contributed by atoms with van der Waals surface area (Å²) in [6.45, 7) is 5.43. The van der Waals surface area contributed by atoms with Crippen molar-refractivity contribution in [1.82, 2.24) is 9.80 Å². The number of anilines is 1. The summed E-state index contributed by atoms with van der Waals surface area (Å²) in [6, 6.07) is 13.8. The number of hydrogen-bond acceptors (Lipinski definition) is 6. The molecule has 1 unspecified atom stereocenters. The van der Waals surface area contributed by atoms with Crippen molar-refractivity contribution in [2.75, 3.05) is 45.2 Å². The number of benzene rings is 2. The number of hydrogen-bond donors (Lipinski definition) is 1. The minimum absolute atomic E-state index is 0.190. The molecule has 1 saturated heterocycles. The molecule has 1 fully saturated rings. The van der Waals surface area contributed by atoms with Crippen LogP contribution in [0.3, 0.4) is 0 Å². The van der Waals surface area contributed by atoms with Crippen molar-refractivity contribution >= 4 is 29.0 Å². The Kier molecular flexibility index (Phi) is 6.67. The van der Waals surface area contributed by atoms with E-state index in [0.29, 0.717) is 48.7 Å². The smallest absolute Gasteiger partial charge is 0.296 e. The van der Waals surface area contributed by atoms with Crippen LogP contribution in [0.25, 0.3) is 5.76 Å². The minimum Gasteiger partial charge on any atom is -0.507 e. The predicted octanol–water partition coefficient (Wildman–Crippen LogP) is 2.98. The first-order valence-corrected chi connectivity index (χ1v) is 11.9. The zero-order chi connectivity index (χ0) is 25.3. The fraction of sp³-hybridized carbons (Fsp3) is 0.370. The van der Waals surface area contributed by atoms with E-state index in [-0.39, 0.29) is 17.9 Å². The lowest BCUT2D eigenvalue weighted by Crippen LogP contribution is -2.52. The number of carbonyl (C=O) groups excluding carboxylic acids is 3. The normalized spacial score (nSPS) is 20.9. The summed E-state index contributed by atoms with van der Waals surface area (Å²) >= 11 is 0. The molecule has 1 N–H and O–H groups in total. The number of likely N-dealkylation sites (N-methyl/N-ethyl adjacent to an activating group) is 1. The number of ether oxygens (including phenoxy) is 1. The molecule has 0 radical (unpaired) electrons. The number of para-hydroxylation sites is 1. The molecule has 0 aromatic heterocycles. The lowest BCUT2D eigenvalue weighted by Gasteiger charge is -2.34. The number of aliphatic hydroxyl groups is 1. The summed E-state index contributed by atoms with van der Waals surface area (Å²) in [4.78, 5) is 45.9. The molecule has 1 atom stereocenters. The van der Waals surface area contributed by atoms with Gasteiger partial charge in [-0.1, -0.05) is 18.2 Å². The number of likely N-dealkylation sites (tertiary alicyclic amines) is 1. The molecule has 2 heterocycles. The Labute approximate surface area is 205 Å². The van der Waals surface area contributed by atoms with Gasteiger partial charge in [0, 0.05) is 24.2 Å². The van der Waals surface area contributed by atoms with E-state index in [2.05, 4.69) is 0 Å². The largest absolute Gasteiger partial charge is 0.507 e. The van der Waals surface area contributed by atoms with Gasteiger partial charge in [0.2, 0.25) is 0 Å². The summed E-state index contributed by atoms with van der Waals surface area (Å²) < 4.78 is 5.48. The number of fused-ring (bicyclic) bond motifs is 2. The molecular formula is C27H31N3O5. The third-order valence-electron chi connectivity index (χ3n) is 6.55. The third kappa shape index (κ3) is 3.78. The molecule has 8 heteroatoms.